The van der Waals surface area contributed by atoms with E-state index < -0.39 is 0 Å². The van der Waals surface area contributed by atoms with Gasteiger partial charge in [-0.05, 0) is 31.0 Å². The summed E-state index contributed by atoms with van der Waals surface area (Å²) in [6.07, 6.45) is 1.27. The Labute approximate surface area is 126 Å². The predicted octanol–water partition coefficient (Wildman–Crippen LogP) is 2.47. The molecular weight excluding hydrogens is 268 g/mol. The number of rotatable bonds is 3. The fourth-order valence-corrected chi connectivity index (χ4v) is 1.99. The van der Waals surface area contributed by atoms with Crippen LogP contribution in [-0.2, 0) is 11.3 Å². The van der Waals surface area contributed by atoms with Gasteiger partial charge in [-0.2, -0.15) is 0 Å². The highest BCUT2D eigenvalue weighted by atomic mass is 16.5. The topological polar surface area (TPSA) is 96.2 Å². The Morgan fingerprint density at radius 3 is 2.43 bits per heavy atom. The van der Waals surface area contributed by atoms with Crippen LogP contribution in [0, 0.1) is 6.92 Å². The number of imidazole rings is 1. The molecule has 0 aliphatic heterocycles. The van der Waals surface area contributed by atoms with Gasteiger partial charge in [-0.1, -0.05) is 20.8 Å². The molecule has 6 nitrogen and oxygen atoms in total. The summed E-state index contributed by atoms with van der Waals surface area (Å²) in [6, 6.07) is 4.04. The number of aromatic nitrogens is 2. The minimum atomic E-state index is 0.250. The van der Waals surface area contributed by atoms with E-state index in [0.29, 0.717) is 5.95 Å². The maximum absolute atomic E-state index is 8.58. The molecule has 0 spiro atoms. The van der Waals surface area contributed by atoms with Crippen LogP contribution in [0.25, 0.3) is 11.0 Å². The highest BCUT2D eigenvalue weighted by molar-refractivity contribution is 5.85. The summed E-state index contributed by atoms with van der Waals surface area (Å²) in [5, 5.41) is 0. The number of nitrogens with two attached hydrogens (primary N) is 2. The second kappa shape index (κ2) is 9.63. The van der Waals surface area contributed by atoms with E-state index in [1.54, 1.807) is 7.11 Å². The van der Waals surface area contributed by atoms with Gasteiger partial charge in [-0.3, -0.25) is 4.79 Å². The Hall–Kier alpha value is -2.24. The summed E-state index contributed by atoms with van der Waals surface area (Å²) in [5.41, 5.74) is 13.1. The average Bonchev–Trinajstić information content (AvgIpc) is 2.77. The molecule has 1 aromatic heterocycles. The number of carbonyl (C=O) groups is 1. The lowest BCUT2D eigenvalue weighted by molar-refractivity contribution is -0.106. The molecule has 0 saturated carbocycles. The van der Waals surface area contributed by atoms with Gasteiger partial charge in [0.2, 0.25) is 12.4 Å². The molecule has 0 fully saturated rings. The lowest BCUT2D eigenvalue weighted by Gasteiger charge is -2.08. The van der Waals surface area contributed by atoms with E-state index in [2.05, 4.69) is 17.6 Å². The first-order chi connectivity index (χ1) is 10.1. The number of nitrogens with zero attached hydrogens (tertiary/aromatic N) is 2. The van der Waals surface area contributed by atoms with E-state index in [1.165, 1.54) is 0 Å². The Kier molecular flexibility index (Phi) is 8.60. The highest BCUT2D eigenvalue weighted by Crippen LogP contribution is 2.29. The maximum atomic E-state index is 8.58. The van der Waals surface area contributed by atoms with Crippen LogP contribution in [0.5, 0.6) is 5.75 Å². The van der Waals surface area contributed by atoms with Gasteiger partial charge in [-0.15, -0.1) is 0 Å². The lowest BCUT2D eigenvalue weighted by atomic mass is 10.2. The number of ether oxygens (including phenoxy) is 1. The van der Waals surface area contributed by atoms with E-state index in [9.17, 15) is 0 Å². The number of amides is 1. The van der Waals surface area contributed by atoms with Crippen LogP contribution in [0.15, 0.2) is 12.1 Å². The summed E-state index contributed by atoms with van der Waals surface area (Å²) in [7, 11) is 1.67. The zero-order chi connectivity index (χ0) is 16.4. The van der Waals surface area contributed by atoms with Gasteiger partial charge >= 0.3 is 0 Å². The first kappa shape index (κ1) is 18.8. The van der Waals surface area contributed by atoms with Gasteiger partial charge < -0.3 is 20.8 Å². The molecule has 0 bridgehead atoms. The third-order valence-corrected chi connectivity index (χ3v) is 2.65. The number of hydrogen-bond donors (Lipinski definition) is 2. The van der Waals surface area contributed by atoms with Crippen molar-refractivity contribution in [1.82, 2.24) is 9.55 Å². The van der Waals surface area contributed by atoms with Crippen molar-refractivity contribution in [1.29, 1.82) is 0 Å². The van der Waals surface area contributed by atoms with Crippen molar-refractivity contribution in [3.63, 3.8) is 0 Å². The molecular formula is C15H26N4O2. The lowest BCUT2D eigenvalue weighted by Crippen LogP contribution is -2.03. The number of carbonyl (C=O) groups excluding carboxylic acids is 1. The molecule has 0 aliphatic carbocycles. The molecule has 0 unspecified atom stereocenters. The highest BCUT2D eigenvalue weighted by Gasteiger charge is 2.12. The van der Waals surface area contributed by atoms with Gasteiger partial charge in [0.25, 0.3) is 0 Å². The van der Waals surface area contributed by atoms with Crippen LogP contribution in [0.1, 0.15) is 32.8 Å². The molecule has 1 aromatic carbocycles. The molecule has 118 valence electrons. The first-order valence-corrected chi connectivity index (χ1v) is 7.04. The standard InChI is InChI=1S/C12H17N3O.C2H6.CH3NO/c1-4-5-15-11-9(14-12(15)13)6-8(2)7-10(11)16-3;1-2;2-1-3/h6-7H,4-5H2,1-3H3,(H2,13,14);1-2H3;1H,(H2,2,3). The van der Waals surface area contributed by atoms with E-state index in [1.807, 2.05) is 37.5 Å². The van der Waals surface area contributed by atoms with Crippen molar-refractivity contribution in [3.8, 4) is 5.75 Å². The number of nitrogen functional groups attached to an aromatic ring is 1. The normalized spacial score (nSPS) is 9.19. The van der Waals surface area contributed by atoms with Crippen LogP contribution in [0.2, 0.25) is 0 Å². The average molecular weight is 294 g/mol. The molecule has 1 amide bonds. The van der Waals surface area contributed by atoms with Crippen LogP contribution < -0.4 is 16.2 Å². The van der Waals surface area contributed by atoms with Crippen molar-refractivity contribution in [2.45, 2.75) is 40.7 Å². The van der Waals surface area contributed by atoms with Crippen LogP contribution in [0.4, 0.5) is 5.95 Å². The van der Waals surface area contributed by atoms with Gasteiger partial charge in [0.05, 0.1) is 12.6 Å². The molecule has 0 aliphatic rings. The summed E-state index contributed by atoms with van der Waals surface area (Å²) >= 11 is 0. The quantitative estimate of drug-likeness (QED) is 0.850. The fourth-order valence-electron chi connectivity index (χ4n) is 1.99. The Morgan fingerprint density at radius 1 is 1.38 bits per heavy atom. The van der Waals surface area contributed by atoms with Crippen LogP contribution in [-0.4, -0.2) is 23.1 Å². The number of anilines is 1. The van der Waals surface area contributed by atoms with Gasteiger partial charge in [0.1, 0.15) is 11.3 Å². The molecule has 2 aromatic rings. The van der Waals surface area contributed by atoms with E-state index in [-0.39, 0.29) is 6.41 Å². The smallest absolute Gasteiger partial charge is 0.204 e. The van der Waals surface area contributed by atoms with Crippen molar-refractivity contribution in [2.75, 3.05) is 12.8 Å². The monoisotopic (exact) mass is 294 g/mol. The number of methoxy groups -OCH3 is 1. The molecule has 0 radical (unpaired) electrons. The maximum Gasteiger partial charge on any atom is 0.204 e. The fraction of sp³-hybridized carbons (Fsp3) is 0.467. The molecule has 0 saturated heterocycles. The van der Waals surface area contributed by atoms with Crippen molar-refractivity contribution in [2.24, 2.45) is 5.73 Å². The second-order valence-corrected chi connectivity index (χ2v) is 4.09. The third kappa shape index (κ3) is 4.66. The Balaban J connectivity index is 0.000000713. The largest absolute Gasteiger partial charge is 0.494 e. The Morgan fingerprint density at radius 2 is 1.95 bits per heavy atom. The second-order valence-electron chi connectivity index (χ2n) is 4.09. The number of aryl methyl sites for hydroxylation is 2. The van der Waals surface area contributed by atoms with E-state index in [4.69, 9.17) is 15.3 Å². The minimum absolute atomic E-state index is 0.250. The third-order valence-electron chi connectivity index (χ3n) is 2.65. The number of primary amides is 1. The minimum Gasteiger partial charge on any atom is -0.494 e. The zero-order valence-electron chi connectivity index (χ0n) is 13.5. The summed E-state index contributed by atoms with van der Waals surface area (Å²) in [6.45, 7) is 9.00. The van der Waals surface area contributed by atoms with Crippen molar-refractivity contribution >= 4 is 23.4 Å². The number of benzene rings is 1. The van der Waals surface area contributed by atoms with Crippen molar-refractivity contribution in [3.05, 3.63) is 17.7 Å². The zero-order valence-corrected chi connectivity index (χ0v) is 13.5. The SMILES string of the molecule is CC.CCCn1c(N)nc2cc(C)cc(OC)c21.NC=O. The van der Waals surface area contributed by atoms with Gasteiger partial charge in [0, 0.05) is 6.54 Å². The van der Waals surface area contributed by atoms with Gasteiger partial charge in [-0.25, -0.2) is 4.98 Å². The molecule has 4 N–H and O–H groups in total. The number of fused-ring (bicyclic) bond motifs is 1. The molecule has 0 atom stereocenters. The number of hydrogen-bond acceptors (Lipinski definition) is 4. The summed E-state index contributed by atoms with van der Waals surface area (Å²) in [5.74, 6) is 1.40. The summed E-state index contributed by atoms with van der Waals surface area (Å²) < 4.78 is 7.40. The summed E-state index contributed by atoms with van der Waals surface area (Å²) in [4.78, 5) is 12.9. The van der Waals surface area contributed by atoms with Crippen LogP contribution in [0.3, 0.4) is 0 Å². The van der Waals surface area contributed by atoms with E-state index in [0.717, 1.165) is 35.3 Å². The molecule has 2 rings (SSSR count). The Bertz CT molecular complexity index is 564. The van der Waals surface area contributed by atoms with Crippen molar-refractivity contribution < 1.29 is 9.53 Å². The predicted molar refractivity (Wildman–Crippen MR) is 87.3 cm³/mol. The first-order valence-electron chi connectivity index (χ1n) is 7.04. The van der Waals surface area contributed by atoms with E-state index >= 15 is 0 Å². The molecule has 21 heavy (non-hydrogen) atoms. The molecule has 1 heterocycles. The van der Waals surface area contributed by atoms with Gasteiger partial charge in [0.15, 0.2) is 0 Å². The van der Waals surface area contributed by atoms with Crippen LogP contribution >= 0.6 is 0 Å². The molecule has 6 heteroatoms.